The minimum Gasteiger partial charge on any atom is -0.466 e. The van der Waals surface area contributed by atoms with E-state index in [4.69, 9.17) is 4.74 Å². The number of hydrogen-bond donors (Lipinski definition) is 0. The van der Waals surface area contributed by atoms with Crippen molar-refractivity contribution in [3.63, 3.8) is 0 Å². The van der Waals surface area contributed by atoms with Crippen molar-refractivity contribution in [1.29, 1.82) is 0 Å². The summed E-state index contributed by atoms with van der Waals surface area (Å²) in [6.07, 6.45) is 7.84. The molecule has 222 valence electrons. The molecule has 43 heavy (non-hydrogen) atoms. The number of allylic oxidation sites excluding steroid dienone is 1. The average Bonchev–Trinajstić information content (AvgIpc) is 3.50. The molecule has 6 nitrogen and oxygen atoms in total. The van der Waals surface area contributed by atoms with Crippen LogP contribution in [0.2, 0.25) is 0 Å². The summed E-state index contributed by atoms with van der Waals surface area (Å²) in [5, 5.41) is 4.79. The number of likely N-dealkylation sites (tertiary alicyclic amines) is 1. The first kappa shape index (κ1) is 30.5. The molecule has 7 heteroatoms. The largest absolute Gasteiger partial charge is 0.466 e. The minimum atomic E-state index is -0.513. The van der Waals surface area contributed by atoms with E-state index in [1.54, 1.807) is 6.92 Å². The average molecular weight is 594 g/mol. The molecule has 1 saturated heterocycles. The minimum absolute atomic E-state index is 0.104. The van der Waals surface area contributed by atoms with Gasteiger partial charge in [-0.2, -0.15) is 5.10 Å². The number of nitrogens with zero attached hydrogens (tertiary/aromatic N) is 3. The predicted molar refractivity (Wildman–Crippen MR) is 173 cm³/mol. The molecule has 0 N–H and O–H groups in total. The number of piperidine rings is 1. The van der Waals surface area contributed by atoms with Crippen LogP contribution >= 0.6 is 11.8 Å². The van der Waals surface area contributed by atoms with Crippen molar-refractivity contribution in [2.24, 2.45) is 0 Å². The summed E-state index contributed by atoms with van der Waals surface area (Å²) >= 11 is 1.42. The number of rotatable bonds is 11. The number of aryl methyl sites for hydroxylation is 1. The van der Waals surface area contributed by atoms with Crippen molar-refractivity contribution < 1.29 is 14.3 Å². The standard InChI is InChI=1S/C36H39N3O3S/c1-3-42-35(41)20-19-29-25-37-39(26-29)24-21-30-27-38(23-22-34(30)43-28(2)40)36(31-13-7-4-8-14-31,32-15-9-5-10-16-32)33-17-11-6-12-18-33/h4-18,21,25-26,34H,3,19-20,22-24,27H2,1-2H3. The van der Waals surface area contributed by atoms with Crippen LogP contribution in [0.25, 0.3) is 0 Å². The first-order valence-corrected chi connectivity index (χ1v) is 15.8. The van der Waals surface area contributed by atoms with Gasteiger partial charge in [-0.3, -0.25) is 19.2 Å². The van der Waals surface area contributed by atoms with Crippen molar-refractivity contribution in [2.75, 3.05) is 19.7 Å². The molecule has 0 saturated carbocycles. The van der Waals surface area contributed by atoms with E-state index in [1.165, 1.54) is 34.0 Å². The molecule has 1 aliphatic heterocycles. The maximum atomic E-state index is 12.3. The number of carbonyl (C=O) groups is 2. The second-order valence-electron chi connectivity index (χ2n) is 10.8. The molecule has 1 atom stereocenters. The zero-order chi connectivity index (χ0) is 30.1. The third kappa shape index (κ3) is 7.17. The molecule has 1 aromatic heterocycles. The maximum absolute atomic E-state index is 12.3. The smallest absolute Gasteiger partial charge is 0.306 e. The van der Waals surface area contributed by atoms with Gasteiger partial charge in [-0.05, 0) is 47.6 Å². The lowest BCUT2D eigenvalue weighted by molar-refractivity contribution is -0.143. The third-order valence-corrected chi connectivity index (χ3v) is 9.11. The summed E-state index contributed by atoms with van der Waals surface area (Å²) in [6.45, 7) is 5.99. The molecular formula is C36H39N3O3S. The molecule has 0 spiro atoms. The molecule has 0 aliphatic carbocycles. The van der Waals surface area contributed by atoms with Gasteiger partial charge in [0, 0.05) is 37.9 Å². The third-order valence-electron chi connectivity index (χ3n) is 7.96. The van der Waals surface area contributed by atoms with E-state index >= 15 is 0 Å². The molecule has 4 aromatic rings. The highest BCUT2D eigenvalue weighted by Gasteiger charge is 2.44. The number of esters is 1. The van der Waals surface area contributed by atoms with Crippen molar-refractivity contribution in [2.45, 2.75) is 50.4 Å². The van der Waals surface area contributed by atoms with Crippen molar-refractivity contribution in [3.05, 3.63) is 137 Å². The number of carbonyl (C=O) groups excluding carboxylic acids is 2. The molecule has 0 bridgehead atoms. The van der Waals surface area contributed by atoms with Crippen LogP contribution in [0.5, 0.6) is 0 Å². The van der Waals surface area contributed by atoms with E-state index in [9.17, 15) is 9.59 Å². The van der Waals surface area contributed by atoms with Crippen molar-refractivity contribution in [1.82, 2.24) is 14.7 Å². The van der Waals surface area contributed by atoms with Crippen LogP contribution in [0.3, 0.4) is 0 Å². The van der Waals surface area contributed by atoms with Gasteiger partial charge >= 0.3 is 5.97 Å². The molecule has 0 amide bonds. The number of hydrogen-bond acceptors (Lipinski definition) is 6. The normalized spacial score (nSPS) is 16.7. The zero-order valence-electron chi connectivity index (χ0n) is 24.9. The quantitative estimate of drug-likeness (QED) is 0.110. The van der Waals surface area contributed by atoms with Gasteiger partial charge in [-0.25, -0.2) is 0 Å². The molecule has 1 fully saturated rings. The fourth-order valence-electron chi connectivity index (χ4n) is 6.09. The van der Waals surface area contributed by atoms with Gasteiger partial charge in [0.15, 0.2) is 5.12 Å². The van der Waals surface area contributed by atoms with Gasteiger partial charge < -0.3 is 4.74 Å². The van der Waals surface area contributed by atoms with Gasteiger partial charge in [-0.15, -0.1) is 0 Å². The molecular weight excluding hydrogens is 554 g/mol. The monoisotopic (exact) mass is 593 g/mol. The van der Waals surface area contributed by atoms with Crippen LogP contribution < -0.4 is 0 Å². The number of aromatic nitrogens is 2. The molecule has 3 aromatic carbocycles. The Morgan fingerprint density at radius 3 is 2.07 bits per heavy atom. The Morgan fingerprint density at radius 2 is 1.53 bits per heavy atom. The van der Waals surface area contributed by atoms with E-state index in [1.807, 2.05) is 24.0 Å². The topological polar surface area (TPSA) is 64.4 Å². The summed E-state index contributed by atoms with van der Waals surface area (Å²) in [5.74, 6) is -0.192. The molecule has 5 rings (SSSR count). The van der Waals surface area contributed by atoms with Gasteiger partial charge in [0.05, 0.1) is 24.9 Å². The highest BCUT2D eigenvalue weighted by Crippen LogP contribution is 2.45. The lowest BCUT2D eigenvalue weighted by atomic mass is 9.74. The van der Waals surface area contributed by atoms with E-state index in [2.05, 4.69) is 107 Å². The van der Waals surface area contributed by atoms with E-state index in [-0.39, 0.29) is 16.3 Å². The summed E-state index contributed by atoms with van der Waals surface area (Å²) in [6, 6.07) is 32.2. The predicted octanol–water partition coefficient (Wildman–Crippen LogP) is 6.65. The molecule has 0 radical (unpaired) electrons. The number of ether oxygens (including phenoxy) is 1. The summed E-state index contributed by atoms with van der Waals surface area (Å²) in [7, 11) is 0. The highest BCUT2D eigenvalue weighted by atomic mass is 32.2. The Labute approximate surface area is 258 Å². The SMILES string of the molecule is CCOC(=O)CCc1cnn(CC=C2CN(C(c3ccccc3)(c3ccccc3)c3ccccc3)CCC2SC(C)=O)c1. The van der Waals surface area contributed by atoms with Gasteiger partial charge in [-0.1, -0.05) is 109 Å². The first-order chi connectivity index (χ1) is 21.0. The Balaban J connectivity index is 1.50. The second-order valence-corrected chi connectivity index (χ2v) is 12.2. The Kier molecular flexibility index (Phi) is 10.3. The number of benzene rings is 3. The van der Waals surface area contributed by atoms with E-state index in [0.29, 0.717) is 32.5 Å². The van der Waals surface area contributed by atoms with Crippen molar-refractivity contribution in [3.8, 4) is 0 Å². The fourth-order valence-corrected chi connectivity index (χ4v) is 7.03. The summed E-state index contributed by atoms with van der Waals surface area (Å²) in [5.41, 5.74) is 5.35. The molecule has 1 aliphatic rings. The second kappa shape index (κ2) is 14.5. The maximum Gasteiger partial charge on any atom is 0.306 e. The first-order valence-electron chi connectivity index (χ1n) is 15.0. The Bertz CT molecular complexity index is 1420. The van der Waals surface area contributed by atoms with Gasteiger partial charge in [0.2, 0.25) is 0 Å². The van der Waals surface area contributed by atoms with Crippen molar-refractivity contribution >= 4 is 22.8 Å². The molecule has 1 unspecified atom stereocenters. The Morgan fingerprint density at radius 1 is 0.953 bits per heavy atom. The van der Waals surface area contributed by atoms with Crippen LogP contribution in [-0.4, -0.2) is 50.7 Å². The lowest BCUT2D eigenvalue weighted by Crippen LogP contribution is -2.52. The van der Waals surface area contributed by atoms with Gasteiger partial charge in [0.25, 0.3) is 0 Å². The van der Waals surface area contributed by atoms with Gasteiger partial charge in [0.1, 0.15) is 0 Å². The van der Waals surface area contributed by atoms with Crippen LogP contribution in [0.1, 0.15) is 48.9 Å². The summed E-state index contributed by atoms with van der Waals surface area (Å²) in [4.78, 5) is 26.7. The van der Waals surface area contributed by atoms with Crippen LogP contribution in [0, 0.1) is 0 Å². The van der Waals surface area contributed by atoms with Crippen LogP contribution in [0.4, 0.5) is 0 Å². The summed E-state index contributed by atoms with van der Waals surface area (Å²) < 4.78 is 6.97. The molecule has 2 heterocycles. The highest BCUT2D eigenvalue weighted by molar-refractivity contribution is 8.14. The van der Waals surface area contributed by atoms with Crippen LogP contribution in [0.15, 0.2) is 115 Å². The Hall–Kier alpha value is -3.94. The zero-order valence-corrected chi connectivity index (χ0v) is 25.7. The van der Waals surface area contributed by atoms with Crippen LogP contribution in [-0.2, 0) is 32.8 Å². The number of thioether (sulfide) groups is 1. The fraction of sp³-hybridized carbons (Fsp3) is 0.306. The lowest BCUT2D eigenvalue weighted by Gasteiger charge is -2.49. The van der Waals surface area contributed by atoms with E-state index < -0.39 is 5.54 Å². The van der Waals surface area contributed by atoms with E-state index in [0.717, 1.165) is 18.5 Å².